The average Bonchev–Trinajstić information content (AvgIpc) is 3.94. The summed E-state index contributed by atoms with van der Waals surface area (Å²) in [6.07, 6.45) is 0. The third kappa shape index (κ3) is 6.15. The molecule has 0 saturated carbocycles. The van der Waals surface area contributed by atoms with Gasteiger partial charge >= 0.3 is 0 Å². The van der Waals surface area contributed by atoms with Crippen molar-refractivity contribution in [3.63, 3.8) is 0 Å². The van der Waals surface area contributed by atoms with Crippen molar-refractivity contribution < 1.29 is 0 Å². The Bertz CT molecular complexity index is 3590. The molecule has 0 aliphatic rings. The van der Waals surface area contributed by atoms with E-state index in [1.165, 1.54) is 79.1 Å². The van der Waals surface area contributed by atoms with E-state index in [0.29, 0.717) is 0 Å². The molecule has 0 saturated heterocycles. The molecule has 0 N–H and O–H groups in total. The van der Waals surface area contributed by atoms with Crippen molar-refractivity contribution in [2.75, 3.05) is 9.80 Å². The summed E-state index contributed by atoms with van der Waals surface area (Å²) in [5.41, 5.74) is 11.5. The number of nitrogens with zero attached hydrogens (tertiary/aromatic N) is 2. The summed E-state index contributed by atoms with van der Waals surface area (Å²) >= 11 is 3.76. The molecule has 0 amide bonds. The molecular formula is C58H38N2S2. The highest BCUT2D eigenvalue weighted by Gasteiger charge is 2.26. The first-order valence-electron chi connectivity index (χ1n) is 21.0. The summed E-state index contributed by atoms with van der Waals surface area (Å²) in [6.45, 7) is 0. The van der Waals surface area contributed by atoms with Crippen molar-refractivity contribution in [1.82, 2.24) is 0 Å². The fourth-order valence-corrected chi connectivity index (χ4v) is 11.7. The van der Waals surface area contributed by atoms with Crippen LogP contribution >= 0.6 is 22.7 Å². The molecule has 0 fully saturated rings. The van der Waals surface area contributed by atoms with Crippen LogP contribution in [0.2, 0.25) is 0 Å². The van der Waals surface area contributed by atoms with E-state index in [1.807, 2.05) is 22.7 Å². The average molecular weight is 827 g/mol. The number of benzene rings is 10. The van der Waals surface area contributed by atoms with Crippen LogP contribution in [0.25, 0.3) is 73.4 Å². The van der Waals surface area contributed by atoms with Gasteiger partial charge in [0.05, 0.1) is 26.5 Å². The van der Waals surface area contributed by atoms with Crippen molar-refractivity contribution in [3.8, 4) is 22.3 Å². The standard InChI is InChI=1S/C58H38N2S2/c1-4-17-39(18-5-1)42-22-14-26-45(37-42)59(44-24-8-3-9-25-44)50-34-35-52(58-56(50)55-47-28-11-10-21-41(47)33-36-54(55)62-58)60(46-27-15-23-43(38-46)40-19-6-2-7-20-40)51-31-16-30-49-48-29-12-13-32-53(48)61-57(49)51/h1-38H. The minimum atomic E-state index is 1.11. The highest BCUT2D eigenvalue weighted by Crippen LogP contribution is 2.54. The van der Waals surface area contributed by atoms with Gasteiger partial charge in [0.15, 0.2) is 0 Å². The van der Waals surface area contributed by atoms with Crippen LogP contribution in [0.4, 0.5) is 34.1 Å². The Morgan fingerprint density at radius 3 is 1.52 bits per heavy atom. The van der Waals surface area contributed by atoms with Crippen LogP contribution in [0.15, 0.2) is 231 Å². The van der Waals surface area contributed by atoms with E-state index >= 15 is 0 Å². The zero-order chi connectivity index (χ0) is 41.0. The Balaban J connectivity index is 1.18. The van der Waals surface area contributed by atoms with E-state index in [2.05, 4.69) is 240 Å². The van der Waals surface area contributed by atoms with Crippen LogP contribution in [0.1, 0.15) is 0 Å². The van der Waals surface area contributed by atoms with E-state index in [4.69, 9.17) is 0 Å². The molecule has 0 spiro atoms. The fourth-order valence-electron chi connectivity index (χ4n) is 9.20. The van der Waals surface area contributed by atoms with E-state index in [9.17, 15) is 0 Å². The molecule has 2 nitrogen and oxygen atoms in total. The van der Waals surface area contributed by atoms with E-state index < -0.39 is 0 Å². The number of hydrogen-bond donors (Lipinski definition) is 0. The lowest BCUT2D eigenvalue weighted by atomic mass is 10.00. The highest BCUT2D eigenvalue weighted by atomic mass is 32.1. The van der Waals surface area contributed by atoms with E-state index in [0.717, 1.165) is 28.4 Å². The number of para-hydroxylation sites is 1. The van der Waals surface area contributed by atoms with Gasteiger partial charge in [0.25, 0.3) is 0 Å². The fraction of sp³-hybridized carbons (Fsp3) is 0. The van der Waals surface area contributed by atoms with Crippen LogP contribution in [0, 0.1) is 0 Å². The summed E-state index contributed by atoms with van der Waals surface area (Å²) in [7, 11) is 0. The quantitative estimate of drug-likeness (QED) is 0.151. The lowest BCUT2D eigenvalue weighted by molar-refractivity contribution is 1.29. The number of thiophene rings is 2. The summed E-state index contributed by atoms with van der Waals surface area (Å²) in [5, 5.41) is 7.56. The lowest BCUT2D eigenvalue weighted by Crippen LogP contribution is -2.13. The SMILES string of the molecule is c1ccc(-c2cccc(N(c3cccc4c3sc3ccccc34)c3ccc(N(c4ccccc4)c4cccc(-c5ccccc5)c4)c4c3sc3ccc5ccccc5c34)c2)cc1. The maximum Gasteiger partial charge on any atom is 0.0642 e. The topological polar surface area (TPSA) is 6.48 Å². The first-order chi connectivity index (χ1) is 30.8. The van der Waals surface area contributed by atoms with E-state index in [1.54, 1.807) is 0 Å². The Kier molecular flexibility index (Phi) is 8.91. The highest BCUT2D eigenvalue weighted by molar-refractivity contribution is 7.27. The van der Waals surface area contributed by atoms with Crippen LogP contribution < -0.4 is 9.80 Å². The zero-order valence-corrected chi connectivity index (χ0v) is 35.3. The van der Waals surface area contributed by atoms with Gasteiger partial charge in [-0.05, 0) is 99.8 Å². The molecule has 2 aromatic heterocycles. The van der Waals surface area contributed by atoms with Gasteiger partial charge in [0, 0.05) is 48.0 Å². The second kappa shape index (κ2) is 15.2. The predicted molar refractivity (Wildman–Crippen MR) is 270 cm³/mol. The van der Waals surface area contributed by atoms with E-state index in [-0.39, 0.29) is 0 Å². The monoisotopic (exact) mass is 826 g/mol. The third-order valence-electron chi connectivity index (χ3n) is 12.0. The molecular weight excluding hydrogens is 789 g/mol. The molecule has 12 aromatic rings. The van der Waals surface area contributed by atoms with Gasteiger partial charge in [-0.15, -0.1) is 22.7 Å². The predicted octanol–water partition coefficient (Wildman–Crippen LogP) is 17.8. The van der Waals surface area contributed by atoms with Crippen LogP contribution in [0.3, 0.4) is 0 Å². The van der Waals surface area contributed by atoms with Gasteiger partial charge in [-0.3, -0.25) is 0 Å². The molecule has 2 heterocycles. The molecule has 10 aromatic carbocycles. The van der Waals surface area contributed by atoms with Crippen molar-refractivity contribution in [3.05, 3.63) is 231 Å². The second-order valence-corrected chi connectivity index (χ2v) is 17.8. The first-order valence-corrected chi connectivity index (χ1v) is 22.6. The van der Waals surface area contributed by atoms with Crippen LogP contribution in [0.5, 0.6) is 0 Å². The molecule has 12 rings (SSSR count). The van der Waals surface area contributed by atoms with Gasteiger partial charge in [-0.2, -0.15) is 0 Å². The Morgan fingerprint density at radius 2 is 0.790 bits per heavy atom. The van der Waals surface area contributed by atoms with Gasteiger partial charge in [-0.25, -0.2) is 0 Å². The van der Waals surface area contributed by atoms with Crippen LogP contribution in [-0.4, -0.2) is 0 Å². The van der Waals surface area contributed by atoms with Crippen molar-refractivity contribution in [1.29, 1.82) is 0 Å². The minimum absolute atomic E-state index is 1.11. The van der Waals surface area contributed by atoms with Crippen molar-refractivity contribution in [2.45, 2.75) is 0 Å². The summed E-state index contributed by atoms with van der Waals surface area (Å²) < 4.78 is 5.05. The zero-order valence-electron chi connectivity index (χ0n) is 33.7. The van der Waals surface area contributed by atoms with Gasteiger partial charge in [0.1, 0.15) is 0 Å². The molecule has 292 valence electrons. The maximum absolute atomic E-state index is 2.52. The van der Waals surface area contributed by atoms with Crippen LogP contribution in [-0.2, 0) is 0 Å². The molecule has 0 bridgehead atoms. The maximum atomic E-state index is 2.52. The minimum Gasteiger partial charge on any atom is -0.310 e. The smallest absolute Gasteiger partial charge is 0.0642 e. The third-order valence-corrected chi connectivity index (χ3v) is 14.4. The summed E-state index contributed by atoms with van der Waals surface area (Å²) in [4.78, 5) is 4.98. The molecule has 0 aliphatic heterocycles. The number of fused-ring (bicyclic) bond motifs is 8. The summed E-state index contributed by atoms with van der Waals surface area (Å²) in [5.74, 6) is 0. The van der Waals surface area contributed by atoms with Gasteiger partial charge in [-0.1, -0.05) is 164 Å². The van der Waals surface area contributed by atoms with Crippen molar-refractivity contribution >= 4 is 108 Å². The van der Waals surface area contributed by atoms with Gasteiger partial charge < -0.3 is 9.80 Å². The number of hydrogen-bond acceptors (Lipinski definition) is 4. The summed E-state index contributed by atoms with van der Waals surface area (Å²) in [6, 6.07) is 84.1. The Morgan fingerprint density at radius 1 is 0.274 bits per heavy atom. The second-order valence-electron chi connectivity index (χ2n) is 15.7. The normalized spacial score (nSPS) is 11.5. The molecule has 0 radical (unpaired) electrons. The Labute approximate surface area is 368 Å². The van der Waals surface area contributed by atoms with Gasteiger partial charge in [0.2, 0.25) is 0 Å². The number of anilines is 6. The van der Waals surface area contributed by atoms with Crippen molar-refractivity contribution in [2.24, 2.45) is 0 Å². The lowest BCUT2D eigenvalue weighted by Gasteiger charge is -2.30. The molecule has 0 unspecified atom stereocenters. The Hall–Kier alpha value is -7.50. The molecule has 0 atom stereocenters. The molecule has 62 heavy (non-hydrogen) atoms. The number of rotatable bonds is 8. The largest absolute Gasteiger partial charge is 0.310 e. The molecule has 0 aliphatic carbocycles. The first kappa shape index (κ1) is 36.4. The molecule has 4 heteroatoms.